The predicted octanol–water partition coefficient (Wildman–Crippen LogP) is 4.95. The highest BCUT2D eigenvalue weighted by atomic mass is 32.2. The molecule has 0 aliphatic rings. The summed E-state index contributed by atoms with van der Waals surface area (Å²) in [5, 5.41) is 9.06. The Bertz CT molecular complexity index is 1310. The Morgan fingerprint density at radius 1 is 1.03 bits per heavy atom. The van der Waals surface area contributed by atoms with E-state index in [0.29, 0.717) is 34.1 Å². The van der Waals surface area contributed by atoms with Gasteiger partial charge in [-0.15, -0.1) is 10.2 Å². The first-order chi connectivity index (χ1) is 16.4. The molecular weight excluding hydrogens is 448 g/mol. The van der Waals surface area contributed by atoms with E-state index in [9.17, 15) is 9.59 Å². The molecule has 4 rings (SSSR count). The molecule has 1 unspecified atom stereocenters. The van der Waals surface area contributed by atoms with Gasteiger partial charge in [0, 0.05) is 17.8 Å². The van der Waals surface area contributed by atoms with Gasteiger partial charge < -0.3 is 9.72 Å². The second-order valence-electron chi connectivity index (χ2n) is 7.97. The summed E-state index contributed by atoms with van der Waals surface area (Å²) in [6, 6.07) is 20.0. The molecule has 0 saturated heterocycles. The summed E-state index contributed by atoms with van der Waals surface area (Å²) < 4.78 is 6.86. The quantitative estimate of drug-likeness (QED) is 0.221. The molecule has 2 heterocycles. The van der Waals surface area contributed by atoms with E-state index in [2.05, 4.69) is 27.3 Å². The zero-order valence-electron chi connectivity index (χ0n) is 19.5. The largest absolute Gasteiger partial charge is 0.465 e. The Balaban J connectivity index is 1.65. The van der Waals surface area contributed by atoms with Crippen LogP contribution in [0.15, 0.2) is 65.8 Å². The normalized spacial score (nSPS) is 11.9. The highest BCUT2D eigenvalue weighted by Crippen LogP contribution is 2.30. The number of ether oxygens (including phenoxy) is 1. The van der Waals surface area contributed by atoms with Gasteiger partial charge in [0.1, 0.15) is 5.82 Å². The number of ketones is 1. The van der Waals surface area contributed by atoms with E-state index in [-0.39, 0.29) is 5.78 Å². The van der Waals surface area contributed by atoms with Gasteiger partial charge in [-0.2, -0.15) is 0 Å². The number of nitrogens with zero attached hydrogens (tertiary/aromatic N) is 3. The smallest absolute Gasteiger partial charge is 0.339 e. The third kappa shape index (κ3) is 4.68. The van der Waals surface area contributed by atoms with Gasteiger partial charge in [0.15, 0.2) is 10.9 Å². The Kier molecular flexibility index (Phi) is 6.98. The molecule has 0 aliphatic heterocycles. The lowest BCUT2D eigenvalue weighted by Gasteiger charge is -2.13. The van der Waals surface area contributed by atoms with Crippen molar-refractivity contribution in [1.29, 1.82) is 0 Å². The number of benzene rings is 2. The molecule has 0 fully saturated rings. The minimum Gasteiger partial charge on any atom is -0.465 e. The van der Waals surface area contributed by atoms with Gasteiger partial charge in [0.25, 0.3) is 0 Å². The third-order valence-corrected chi connectivity index (χ3v) is 6.69. The van der Waals surface area contributed by atoms with Crippen LogP contribution in [0.3, 0.4) is 0 Å². The lowest BCUT2D eigenvalue weighted by atomic mass is 10.1. The number of thioether (sulfide) groups is 1. The number of hydrogen-bond donors (Lipinski definition) is 1. The number of hydrogen-bond acceptors (Lipinski definition) is 6. The van der Waals surface area contributed by atoms with Gasteiger partial charge in [-0.3, -0.25) is 9.36 Å². The Hall–Kier alpha value is -3.65. The minimum absolute atomic E-state index is 0.118. The summed E-state index contributed by atoms with van der Waals surface area (Å²) >= 11 is 1.34. The maximum Gasteiger partial charge on any atom is 0.339 e. The third-order valence-electron chi connectivity index (χ3n) is 5.64. The van der Waals surface area contributed by atoms with Crippen LogP contribution in [0, 0.1) is 13.8 Å². The van der Waals surface area contributed by atoms with Gasteiger partial charge in [-0.05, 0) is 44.0 Å². The number of esters is 1. The van der Waals surface area contributed by atoms with Gasteiger partial charge in [0.2, 0.25) is 0 Å². The van der Waals surface area contributed by atoms with Gasteiger partial charge in [-0.25, -0.2) is 4.79 Å². The standard InChI is InChI=1S/C26H26N4O3S/c1-16-22(25(32)33-4)17(2)27-23(16)24(31)18(3)34-26-29-28-21(15-19-11-7-5-8-12-19)30(26)20-13-9-6-10-14-20/h5-14,18,27H,15H2,1-4H3. The van der Waals surface area contributed by atoms with Crippen LogP contribution >= 0.6 is 11.8 Å². The number of methoxy groups -OCH3 is 1. The fourth-order valence-electron chi connectivity index (χ4n) is 3.93. The van der Waals surface area contributed by atoms with Crippen LogP contribution in [-0.4, -0.2) is 43.9 Å². The molecule has 0 aliphatic carbocycles. The number of aromatic nitrogens is 4. The lowest BCUT2D eigenvalue weighted by molar-refractivity contribution is 0.0599. The Labute approximate surface area is 202 Å². The molecule has 174 valence electrons. The molecule has 0 amide bonds. The topological polar surface area (TPSA) is 89.9 Å². The molecule has 0 radical (unpaired) electrons. The Morgan fingerprint density at radius 2 is 1.68 bits per heavy atom. The van der Waals surface area contributed by atoms with Crippen LogP contribution in [-0.2, 0) is 11.2 Å². The van der Waals surface area contributed by atoms with Crippen molar-refractivity contribution in [3.05, 3.63) is 94.6 Å². The van der Waals surface area contributed by atoms with Crippen molar-refractivity contribution in [3.8, 4) is 5.69 Å². The number of para-hydroxylation sites is 1. The molecule has 1 N–H and O–H groups in total. The fraction of sp³-hybridized carbons (Fsp3) is 0.231. The number of H-pyrrole nitrogens is 1. The SMILES string of the molecule is COC(=O)c1c(C)[nH]c(C(=O)C(C)Sc2nnc(Cc3ccccc3)n2-c2ccccc2)c1C. The number of aromatic amines is 1. The van der Waals surface area contributed by atoms with E-state index in [1.54, 1.807) is 13.8 Å². The summed E-state index contributed by atoms with van der Waals surface area (Å²) in [6.07, 6.45) is 0.614. The van der Waals surface area contributed by atoms with Crippen molar-refractivity contribution >= 4 is 23.5 Å². The molecule has 0 spiro atoms. The monoisotopic (exact) mass is 474 g/mol. The molecule has 0 bridgehead atoms. The number of Topliss-reactive ketones (excluding diaryl/α,β-unsaturated/α-hetero) is 1. The number of carbonyl (C=O) groups excluding carboxylic acids is 2. The van der Waals surface area contributed by atoms with E-state index in [1.807, 2.05) is 60.0 Å². The van der Waals surface area contributed by atoms with Crippen molar-refractivity contribution in [1.82, 2.24) is 19.7 Å². The van der Waals surface area contributed by atoms with E-state index in [0.717, 1.165) is 17.1 Å². The van der Waals surface area contributed by atoms with Gasteiger partial charge in [0.05, 0.1) is 23.6 Å². The van der Waals surface area contributed by atoms with Crippen LogP contribution in [0.5, 0.6) is 0 Å². The van der Waals surface area contributed by atoms with Crippen molar-refractivity contribution in [2.45, 2.75) is 37.6 Å². The van der Waals surface area contributed by atoms with Crippen LogP contribution < -0.4 is 0 Å². The van der Waals surface area contributed by atoms with E-state index >= 15 is 0 Å². The zero-order valence-corrected chi connectivity index (χ0v) is 20.3. The lowest BCUT2D eigenvalue weighted by Crippen LogP contribution is -2.16. The average molecular weight is 475 g/mol. The molecule has 2 aromatic heterocycles. The summed E-state index contributed by atoms with van der Waals surface area (Å²) in [4.78, 5) is 28.5. The minimum atomic E-state index is -0.460. The second kappa shape index (κ2) is 10.1. The molecule has 2 aromatic carbocycles. The Morgan fingerprint density at radius 3 is 2.32 bits per heavy atom. The molecule has 8 heteroatoms. The predicted molar refractivity (Wildman–Crippen MR) is 132 cm³/mol. The molecular formula is C26H26N4O3S. The summed E-state index contributed by atoms with van der Waals surface area (Å²) in [5.41, 5.74) is 4.08. The first-order valence-electron chi connectivity index (χ1n) is 10.9. The van der Waals surface area contributed by atoms with Crippen molar-refractivity contribution in [2.75, 3.05) is 7.11 Å². The van der Waals surface area contributed by atoms with Crippen molar-refractivity contribution in [3.63, 3.8) is 0 Å². The number of rotatable bonds is 8. The number of carbonyl (C=O) groups is 2. The molecule has 0 saturated carbocycles. The van der Waals surface area contributed by atoms with E-state index in [4.69, 9.17) is 4.74 Å². The summed E-state index contributed by atoms with van der Waals surface area (Å²) in [7, 11) is 1.33. The van der Waals surface area contributed by atoms with Crippen molar-refractivity contribution < 1.29 is 14.3 Å². The van der Waals surface area contributed by atoms with Crippen LogP contribution in [0.2, 0.25) is 0 Å². The van der Waals surface area contributed by atoms with E-state index in [1.165, 1.54) is 18.9 Å². The van der Waals surface area contributed by atoms with Gasteiger partial charge >= 0.3 is 5.97 Å². The van der Waals surface area contributed by atoms with Crippen LogP contribution in [0.25, 0.3) is 5.69 Å². The highest BCUT2D eigenvalue weighted by molar-refractivity contribution is 8.00. The van der Waals surface area contributed by atoms with E-state index < -0.39 is 11.2 Å². The van der Waals surface area contributed by atoms with Gasteiger partial charge in [-0.1, -0.05) is 60.3 Å². The van der Waals surface area contributed by atoms with Crippen LogP contribution in [0.4, 0.5) is 0 Å². The first kappa shape index (κ1) is 23.5. The van der Waals surface area contributed by atoms with Crippen molar-refractivity contribution in [2.24, 2.45) is 0 Å². The van der Waals surface area contributed by atoms with Crippen LogP contribution in [0.1, 0.15) is 50.4 Å². The second-order valence-corrected chi connectivity index (χ2v) is 9.28. The maximum atomic E-state index is 13.3. The molecule has 4 aromatic rings. The molecule has 1 atom stereocenters. The molecule has 7 nitrogen and oxygen atoms in total. The number of aryl methyl sites for hydroxylation is 1. The fourth-order valence-corrected chi connectivity index (χ4v) is 4.87. The number of nitrogens with one attached hydrogen (secondary N) is 1. The summed E-state index contributed by atoms with van der Waals surface area (Å²) in [6.45, 7) is 5.35. The maximum absolute atomic E-state index is 13.3. The highest BCUT2D eigenvalue weighted by Gasteiger charge is 2.27. The first-order valence-corrected chi connectivity index (χ1v) is 11.8. The average Bonchev–Trinajstić information content (AvgIpc) is 3.38. The zero-order chi connectivity index (χ0) is 24.2. The molecule has 34 heavy (non-hydrogen) atoms. The summed E-state index contributed by atoms with van der Waals surface area (Å²) in [5.74, 6) is 0.215.